The minimum Gasteiger partial charge on any atom is -0.465 e. The summed E-state index contributed by atoms with van der Waals surface area (Å²) in [6.45, 7) is 2.55. The van der Waals surface area contributed by atoms with Crippen molar-refractivity contribution in [3.05, 3.63) is 48.0 Å². The van der Waals surface area contributed by atoms with Gasteiger partial charge in [-0.15, -0.1) is 0 Å². The molecule has 0 aromatic heterocycles. The monoisotopic (exact) mass is 425 g/mol. The quantitative estimate of drug-likeness (QED) is 0.680. The molecule has 0 aliphatic carbocycles. The third-order valence-corrected chi connectivity index (χ3v) is 5.77. The van der Waals surface area contributed by atoms with Gasteiger partial charge in [-0.25, -0.2) is 9.59 Å². The van der Waals surface area contributed by atoms with Crippen LogP contribution in [-0.2, 0) is 0 Å². The van der Waals surface area contributed by atoms with Crippen LogP contribution in [0.2, 0.25) is 0 Å². The van der Waals surface area contributed by atoms with Crippen LogP contribution in [0.4, 0.5) is 21.0 Å². The Morgan fingerprint density at radius 3 is 2.16 bits per heavy atom. The smallest absolute Gasteiger partial charge is 0.412 e. The number of anilines is 2. The summed E-state index contributed by atoms with van der Waals surface area (Å²) in [5.74, 6) is -0.142. The highest BCUT2D eigenvalue weighted by molar-refractivity contribution is 6.01. The number of hydrogen-bond donors (Lipinski definition) is 3. The van der Waals surface area contributed by atoms with Gasteiger partial charge in [0, 0.05) is 18.7 Å². The Labute approximate surface area is 178 Å². The van der Waals surface area contributed by atoms with Crippen molar-refractivity contribution in [3.8, 4) is 11.1 Å². The molecule has 0 saturated carbocycles. The van der Waals surface area contributed by atoms with Crippen LogP contribution < -0.4 is 9.80 Å². The molecule has 2 aromatic carbocycles. The molecule has 2 aromatic rings. The molecule has 2 heterocycles. The Balaban J connectivity index is 1.65. The normalized spacial score (nSPS) is 20.5. The van der Waals surface area contributed by atoms with E-state index in [1.54, 1.807) is 54.3 Å². The SMILES string of the molecule is C[C@H]1CN(C(=O)O)c2cc(-c3ccc(C(=O)N4CC[C@@H](O)C4)cc3)ccc2N1C(=O)O. The zero-order valence-corrected chi connectivity index (χ0v) is 16.9. The lowest BCUT2D eigenvalue weighted by Gasteiger charge is -2.38. The number of nitrogens with zero attached hydrogens (tertiary/aromatic N) is 3. The summed E-state index contributed by atoms with van der Waals surface area (Å²) in [7, 11) is 0. The summed E-state index contributed by atoms with van der Waals surface area (Å²) >= 11 is 0. The van der Waals surface area contributed by atoms with E-state index in [1.165, 1.54) is 4.90 Å². The van der Waals surface area contributed by atoms with Gasteiger partial charge in [-0.3, -0.25) is 14.6 Å². The van der Waals surface area contributed by atoms with Crippen molar-refractivity contribution in [2.24, 2.45) is 0 Å². The number of likely N-dealkylation sites (tertiary alicyclic amines) is 1. The van der Waals surface area contributed by atoms with E-state index >= 15 is 0 Å². The predicted octanol–water partition coefficient (Wildman–Crippen LogP) is 2.93. The van der Waals surface area contributed by atoms with Gasteiger partial charge in [-0.2, -0.15) is 0 Å². The Kier molecular flexibility index (Phi) is 5.28. The molecule has 0 bridgehead atoms. The molecule has 1 fully saturated rings. The summed E-state index contributed by atoms with van der Waals surface area (Å²) in [5.41, 5.74) is 2.61. The van der Waals surface area contributed by atoms with Crippen LogP contribution in [0.1, 0.15) is 23.7 Å². The predicted molar refractivity (Wildman–Crippen MR) is 114 cm³/mol. The van der Waals surface area contributed by atoms with Gasteiger partial charge < -0.3 is 20.2 Å². The van der Waals surface area contributed by atoms with E-state index < -0.39 is 24.3 Å². The highest BCUT2D eigenvalue weighted by Gasteiger charge is 2.35. The number of hydrogen-bond acceptors (Lipinski definition) is 4. The molecular weight excluding hydrogens is 402 g/mol. The maximum atomic E-state index is 12.6. The number of rotatable bonds is 2. The number of aliphatic hydroxyl groups is 1. The third kappa shape index (κ3) is 3.79. The number of carbonyl (C=O) groups is 3. The zero-order chi connectivity index (χ0) is 22.3. The molecule has 2 atom stereocenters. The molecule has 31 heavy (non-hydrogen) atoms. The van der Waals surface area contributed by atoms with Gasteiger partial charge in [0.25, 0.3) is 5.91 Å². The molecule has 1 saturated heterocycles. The molecule has 2 aliphatic heterocycles. The molecular formula is C22H23N3O6. The van der Waals surface area contributed by atoms with Gasteiger partial charge in [0.1, 0.15) is 0 Å². The second kappa shape index (κ2) is 7.92. The fourth-order valence-electron chi connectivity index (χ4n) is 4.19. The lowest BCUT2D eigenvalue weighted by molar-refractivity contribution is 0.0765. The number of benzene rings is 2. The highest BCUT2D eigenvalue weighted by Crippen LogP contribution is 2.39. The van der Waals surface area contributed by atoms with Crippen LogP contribution in [0.15, 0.2) is 42.5 Å². The minimum atomic E-state index is -1.15. The number of carbonyl (C=O) groups excluding carboxylic acids is 1. The molecule has 3 N–H and O–H groups in total. The summed E-state index contributed by atoms with van der Waals surface area (Å²) in [5, 5.41) is 28.8. The second-order valence-electron chi connectivity index (χ2n) is 7.87. The number of β-amino-alcohol motifs (C(OH)–C–C–N with tert-alkyl or cyclic N) is 1. The van der Waals surface area contributed by atoms with E-state index in [0.29, 0.717) is 42.0 Å². The molecule has 9 nitrogen and oxygen atoms in total. The maximum absolute atomic E-state index is 12.6. The third-order valence-electron chi connectivity index (χ3n) is 5.77. The van der Waals surface area contributed by atoms with Gasteiger partial charge in [-0.05, 0) is 48.7 Å². The molecule has 162 valence electrons. The van der Waals surface area contributed by atoms with E-state index in [2.05, 4.69) is 0 Å². The fraction of sp³-hybridized carbons (Fsp3) is 0.318. The van der Waals surface area contributed by atoms with Crippen molar-refractivity contribution in [2.75, 3.05) is 29.4 Å². The Morgan fingerprint density at radius 2 is 1.58 bits per heavy atom. The van der Waals surface area contributed by atoms with E-state index in [-0.39, 0.29) is 12.5 Å². The first kappa shape index (κ1) is 20.7. The first-order valence-electron chi connectivity index (χ1n) is 10.0. The maximum Gasteiger partial charge on any atom is 0.412 e. The van der Waals surface area contributed by atoms with Gasteiger partial charge in [0.05, 0.1) is 30.1 Å². The van der Waals surface area contributed by atoms with Crippen molar-refractivity contribution in [3.63, 3.8) is 0 Å². The van der Waals surface area contributed by atoms with E-state index in [0.717, 1.165) is 10.5 Å². The van der Waals surface area contributed by atoms with Crippen molar-refractivity contribution in [1.82, 2.24) is 4.90 Å². The average Bonchev–Trinajstić information content (AvgIpc) is 3.18. The molecule has 0 radical (unpaired) electrons. The first-order valence-corrected chi connectivity index (χ1v) is 10.0. The summed E-state index contributed by atoms with van der Waals surface area (Å²) in [6.07, 6.45) is -2.19. The Bertz CT molecular complexity index is 1040. The zero-order valence-electron chi connectivity index (χ0n) is 16.9. The second-order valence-corrected chi connectivity index (χ2v) is 7.87. The van der Waals surface area contributed by atoms with Crippen molar-refractivity contribution in [1.29, 1.82) is 0 Å². The lowest BCUT2D eigenvalue weighted by Crippen LogP contribution is -2.51. The van der Waals surface area contributed by atoms with Crippen LogP contribution in [0.25, 0.3) is 11.1 Å². The number of fused-ring (bicyclic) bond motifs is 1. The van der Waals surface area contributed by atoms with E-state index in [9.17, 15) is 29.7 Å². The van der Waals surface area contributed by atoms with Crippen molar-refractivity contribution in [2.45, 2.75) is 25.5 Å². The highest BCUT2D eigenvalue weighted by atomic mass is 16.4. The van der Waals surface area contributed by atoms with Crippen LogP contribution >= 0.6 is 0 Å². The summed E-state index contributed by atoms with van der Waals surface area (Å²) < 4.78 is 0. The van der Waals surface area contributed by atoms with Gasteiger partial charge in [-0.1, -0.05) is 18.2 Å². The average molecular weight is 425 g/mol. The van der Waals surface area contributed by atoms with Crippen molar-refractivity contribution < 1.29 is 29.7 Å². The van der Waals surface area contributed by atoms with Gasteiger partial charge >= 0.3 is 12.2 Å². The van der Waals surface area contributed by atoms with Crippen LogP contribution in [-0.4, -0.2) is 70.1 Å². The fourth-order valence-corrected chi connectivity index (χ4v) is 4.19. The van der Waals surface area contributed by atoms with Gasteiger partial charge in [0.15, 0.2) is 0 Å². The number of carboxylic acid groups (broad SMARTS) is 2. The topological polar surface area (TPSA) is 122 Å². The van der Waals surface area contributed by atoms with E-state index in [4.69, 9.17) is 0 Å². The standard InChI is InChI=1S/C22H23N3O6/c1-13-11-24(21(28)29)19-10-16(6-7-18(19)25(13)22(30)31)14-2-4-15(5-3-14)20(27)23-9-8-17(26)12-23/h2-7,10,13,17,26H,8-9,11-12H2,1H3,(H,28,29)(H,30,31)/t13-,17+/m0/s1. The molecule has 0 unspecified atom stereocenters. The van der Waals surface area contributed by atoms with Crippen LogP contribution in [0.3, 0.4) is 0 Å². The number of aliphatic hydroxyl groups excluding tert-OH is 1. The summed E-state index contributed by atoms with van der Waals surface area (Å²) in [6, 6.07) is 11.4. The molecule has 0 spiro atoms. The lowest BCUT2D eigenvalue weighted by atomic mass is 10.00. The Morgan fingerprint density at radius 1 is 0.903 bits per heavy atom. The first-order chi connectivity index (χ1) is 14.8. The van der Waals surface area contributed by atoms with Gasteiger partial charge in [0.2, 0.25) is 0 Å². The minimum absolute atomic E-state index is 0.0349. The molecule has 9 heteroatoms. The van der Waals surface area contributed by atoms with Crippen molar-refractivity contribution >= 4 is 29.5 Å². The Hall–Kier alpha value is -3.59. The number of amides is 3. The van der Waals surface area contributed by atoms with E-state index in [1.807, 2.05) is 0 Å². The van der Waals surface area contributed by atoms with Crippen LogP contribution in [0, 0.1) is 0 Å². The molecule has 3 amide bonds. The van der Waals surface area contributed by atoms with Crippen LogP contribution in [0.5, 0.6) is 0 Å². The molecule has 2 aliphatic rings. The molecule has 4 rings (SSSR count). The largest absolute Gasteiger partial charge is 0.465 e. The summed E-state index contributed by atoms with van der Waals surface area (Å²) in [4.78, 5) is 40.0.